The molecule has 2 aromatic carbocycles. The van der Waals surface area contributed by atoms with Crippen molar-refractivity contribution in [3.8, 4) is 0 Å². The number of hydrogen-bond acceptors (Lipinski definition) is 2. The Morgan fingerprint density at radius 3 is 2.37 bits per heavy atom. The van der Waals surface area contributed by atoms with Crippen LogP contribution in [0.25, 0.3) is 0 Å². The molecule has 1 N–H and O–H groups in total. The van der Waals surface area contributed by atoms with Gasteiger partial charge in [-0.15, -0.1) is 0 Å². The quantitative estimate of drug-likeness (QED) is 0.676. The van der Waals surface area contributed by atoms with Crippen LogP contribution in [-0.4, -0.2) is 15.7 Å². The lowest BCUT2D eigenvalue weighted by Gasteiger charge is -2.16. The summed E-state index contributed by atoms with van der Waals surface area (Å²) in [6.07, 6.45) is 0. The molecule has 3 aromatic rings. The standard InChI is InChI=1S/C23H27N3O/c1-15(2)21-8-6-7-16(3)22(21)24-23(27)20-11-9-19(10-12-20)14-26-18(5)13-17(4)25-26/h6-13,15H,14H2,1-5H3,(H,24,27). The fourth-order valence-corrected chi connectivity index (χ4v) is 3.30. The number of anilines is 1. The normalized spacial score (nSPS) is 11.0. The van der Waals surface area contributed by atoms with Gasteiger partial charge < -0.3 is 5.32 Å². The summed E-state index contributed by atoms with van der Waals surface area (Å²) >= 11 is 0. The number of nitrogens with zero attached hydrogens (tertiary/aromatic N) is 2. The van der Waals surface area contributed by atoms with Gasteiger partial charge in [0, 0.05) is 16.9 Å². The third-order valence-electron chi connectivity index (χ3n) is 4.82. The molecular formula is C23H27N3O. The highest BCUT2D eigenvalue weighted by molar-refractivity contribution is 6.05. The van der Waals surface area contributed by atoms with Gasteiger partial charge >= 0.3 is 0 Å². The third kappa shape index (κ3) is 4.27. The van der Waals surface area contributed by atoms with Crippen molar-refractivity contribution < 1.29 is 4.79 Å². The lowest BCUT2D eigenvalue weighted by atomic mass is 9.98. The van der Waals surface area contributed by atoms with Crippen LogP contribution in [0.5, 0.6) is 0 Å². The Morgan fingerprint density at radius 2 is 1.78 bits per heavy atom. The number of amides is 1. The largest absolute Gasteiger partial charge is 0.321 e. The van der Waals surface area contributed by atoms with Crippen LogP contribution in [0.4, 0.5) is 5.69 Å². The van der Waals surface area contributed by atoms with Crippen molar-refractivity contribution in [2.45, 2.75) is 47.1 Å². The van der Waals surface area contributed by atoms with E-state index in [4.69, 9.17) is 0 Å². The minimum Gasteiger partial charge on any atom is -0.321 e. The monoisotopic (exact) mass is 361 g/mol. The number of benzene rings is 2. The number of carbonyl (C=O) groups excluding carboxylic acids is 1. The van der Waals surface area contributed by atoms with E-state index in [1.54, 1.807) is 0 Å². The van der Waals surface area contributed by atoms with Crippen LogP contribution in [-0.2, 0) is 6.54 Å². The van der Waals surface area contributed by atoms with Crippen molar-refractivity contribution in [3.63, 3.8) is 0 Å². The van der Waals surface area contributed by atoms with Crippen LogP contribution in [0.2, 0.25) is 0 Å². The summed E-state index contributed by atoms with van der Waals surface area (Å²) in [6, 6.07) is 15.9. The van der Waals surface area contributed by atoms with Crippen molar-refractivity contribution in [2.75, 3.05) is 5.32 Å². The zero-order valence-electron chi connectivity index (χ0n) is 16.7. The number of aromatic nitrogens is 2. The molecule has 4 nitrogen and oxygen atoms in total. The first-order valence-corrected chi connectivity index (χ1v) is 9.36. The fraction of sp³-hybridized carbons (Fsp3) is 0.304. The molecule has 0 radical (unpaired) electrons. The van der Waals surface area contributed by atoms with E-state index in [-0.39, 0.29) is 5.91 Å². The number of rotatable bonds is 5. The molecule has 4 heteroatoms. The van der Waals surface area contributed by atoms with E-state index in [9.17, 15) is 4.79 Å². The number of nitrogens with one attached hydrogen (secondary N) is 1. The average molecular weight is 361 g/mol. The van der Waals surface area contributed by atoms with Gasteiger partial charge in [-0.1, -0.05) is 44.2 Å². The van der Waals surface area contributed by atoms with E-state index >= 15 is 0 Å². The first kappa shape index (κ1) is 18.9. The van der Waals surface area contributed by atoms with E-state index in [0.717, 1.165) is 33.8 Å². The molecular weight excluding hydrogens is 334 g/mol. The SMILES string of the molecule is Cc1cc(C)n(Cc2ccc(C(=O)Nc3c(C)cccc3C(C)C)cc2)n1. The van der Waals surface area contributed by atoms with Crippen LogP contribution in [0.15, 0.2) is 48.5 Å². The zero-order valence-corrected chi connectivity index (χ0v) is 16.7. The molecule has 1 amide bonds. The molecule has 0 spiro atoms. The van der Waals surface area contributed by atoms with Gasteiger partial charge in [-0.05, 0) is 61.6 Å². The summed E-state index contributed by atoms with van der Waals surface area (Å²) in [6.45, 7) is 11.1. The summed E-state index contributed by atoms with van der Waals surface area (Å²) in [7, 11) is 0. The molecule has 27 heavy (non-hydrogen) atoms. The van der Waals surface area contributed by atoms with Gasteiger partial charge in [0.05, 0.1) is 12.2 Å². The second kappa shape index (κ2) is 7.78. The Morgan fingerprint density at radius 1 is 1.07 bits per heavy atom. The Labute approximate surface area is 161 Å². The predicted octanol–water partition coefficient (Wildman–Crippen LogP) is 5.23. The maximum atomic E-state index is 12.7. The van der Waals surface area contributed by atoms with E-state index in [2.05, 4.69) is 43.3 Å². The molecule has 0 saturated heterocycles. The van der Waals surface area contributed by atoms with Gasteiger partial charge in [0.15, 0.2) is 0 Å². The summed E-state index contributed by atoms with van der Waals surface area (Å²) < 4.78 is 1.98. The number of para-hydroxylation sites is 1. The van der Waals surface area contributed by atoms with Crippen molar-refractivity contribution in [2.24, 2.45) is 0 Å². The second-order valence-corrected chi connectivity index (χ2v) is 7.43. The Balaban J connectivity index is 1.76. The summed E-state index contributed by atoms with van der Waals surface area (Å²) in [4.78, 5) is 12.7. The first-order valence-electron chi connectivity index (χ1n) is 9.36. The van der Waals surface area contributed by atoms with Crippen LogP contribution in [0.1, 0.15) is 58.2 Å². The maximum absolute atomic E-state index is 12.7. The molecule has 140 valence electrons. The van der Waals surface area contributed by atoms with Crippen molar-refractivity contribution in [1.29, 1.82) is 0 Å². The summed E-state index contributed by atoms with van der Waals surface area (Å²) in [5, 5.41) is 7.59. The Bertz CT molecular complexity index is 952. The van der Waals surface area contributed by atoms with Crippen LogP contribution < -0.4 is 5.32 Å². The molecule has 0 aliphatic rings. The minimum atomic E-state index is -0.0798. The van der Waals surface area contributed by atoms with Gasteiger partial charge in [-0.3, -0.25) is 9.48 Å². The first-order chi connectivity index (χ1) is 12.8. The van der Waals surface area contributed by atoms with Crippen LogP contribution in [0, 0.1) is 20.8 Å². The van der Waals surface area contributed by atoms with Crippen molar-refractivity contribution >= 4 is 11.6 Å². The van der Waals surface area contributed by atoms with Crippen molar-refractivity contribution in [1.82, 2.24) is 9.78 Å². The molecule has 0 aliphatic carbocycles. The minimum absolute atomic E-state index is 0.0798. The molecule has 3 rings (SSSR count). The summed E-state index contributed by atoms with van der Waals surface area (Å²) in [5.41, 5.74) is 7.09. The maximum Gasteiger partial charge on any atom is 0.255 e. The molecule has 0 saturated carbocycles. The molecule has 0 unspecified atom stereocenters. The average Bonchev–Trinajstić information content (AvgIpc) is 2.94. The van der Waals surface area contributed by atoms with E-state index in [0.29, 0.717) is 18.0 Å². The smallest absolute Gasteiger partial charge is 0.255 e. The van der Waals surface area contributed by atoms with E-state index < -0.39 is 0 Å². The predicted molar refractivity (Wildman–Crippen MR) is 110 cm³/mol. The highest BCUT2D eigenvalue weighted by atomic mass is 16.1. The van der Waals surface area contributed by atoms with Gasteiger partial charge in [0.1, 0.15) is 0 Å². The van der Waals surface area contributed by atoms with Gasteiger partial charge in [-0.25, -0.2) is 0 Å². The molecule has 0 atom stereocenters. The topological polar surface area (TPSA) is 46.9 Å². The lowest BCUT2D eigenvalue weighted by Crippen LogP contribution is -2.15. The zero-order chi connectivity index (χ0) is 19.6. The number of hydrogen-bond donors (Lipinski definition) is 1. The van der Waals surface area contributed by atoms with Crippen LogP contribution >= 0.6 is 0 Å². The van der Waals surface area contributed by atoms with Gasteiger partial charge in [-0.2, -0.15) is 5.10 Å². The Hall–Kier alpha value is -2.88. The molecule has 0 bridgehead atoms. The fourth-order valence-electron chi connectivity index (χ4n) is 3.30. The molecule has 0 fully saturated rings. The van der Waals surface area contributed by atoms with Gasteiger partial charge in [0.2, 0.25) is 0 Å². The van der Waals surface area contributed by atoms with E-state index in [1.807, 2.05) is 54.9 Å². The highest BCUT2D eigenvalue weighted by Gasteiger charge is 2.13. The van der Waals surface area contributed by atoms with Crippen LogP contribution in [0.3, 0.4) is 0 Å². The highest BCUT2D eigenvalue weighted by Crippen LogP contribution is 2.27. The molecule has 0 aliphatic heterocycles. The second-order valence-electron chi connectivity index (χ2n) is 7.43. The lowest BCUT2D eigenvalue weighted by molar-refractivity contribution is 0.102. The van der Waals surface area contributed by atoms with Crippen molar-refractivity contribution in [3.05, 3.63) is 82.2 Å². The molecule has 1 aromatic heterocycles. The molecule has 1 heterocycles. The summed E-state index contributed by atoms with van der Waals surface area (Å²) in [5.74, 6) is 0.271. The van der Waals surface area contributed by atoms with E-state index in [1.165, 1.54) is 0 Å². The third-order valence-corrected chi connectivity index (χ3v) is 4.82. The number of aryl methyl sites for hydroxylation is 3. The number of carbonyl (C=O) groups is 1. The Kier molecular flexibility index (Phi) is 5.45. The van der Waals surface area contributed by atoms with Gasteiger partial charge in [0.25, 0.3) is 5.91 Å².